The maximum Gasteiger partial charge on any atom is 0.255 e. The fourth-order valence-corrected chi connectivity index (χ4v) is 2.84. The number of anilines is 3. The summed E-state index contributed by atoms with van der Waals surface area (Å²) in [5.41, 5.74) is 2.74. The number of rotatable bonds is 8. The zero-order valence-corrected chi connectivity index (χ0v) is 16.3. The minimum Gasteiger partial charge on any atom is -0.495 e. The molecule has 0 aromatic heterocycles. The van der Waals surface area contributed by atoms with Crippen molar-refractivity contribution < 1.29 is 14.3 Å². The molecule has 6 nitrogen and oxygen atoms in total. The van der Waals surface area contributed by atoms with Gasteiger partial charge in [0, 0.05) is 37.0 Å². The van der Waals surface area contributed by atoms with E-state index in [4.69, 9.17) is 4.74 Å². The summed E-state index contributed by atoms with van der Waals surface area (Å²) in [6.07, 6.45) is 1.07. The maximum atomic E-state index is 12.6. The van der Waals surface area contributed by atoms with Crippen LogP contribution in [0.3, 0.4) is 0 Å². The van der Waals surface area contributed by atoms with Crippen LogP contribution in [-0.2, 0) is 4.79 Å². The molecular weight excluding hydrogens is 342 g/mol. The van der Waals surface area contributed by atoms with Gasteiger partial charge < -0.3 is 20.3 Å². The molecule has 0 aliphatic rings. The topological polar surface area (TPSA) is 70.7 Å². The molecule has 0 aliphatic carbocycles. The van der Waals surface area contributed by atoms with Crippen molar-refractivity contribution in [3.05, 3.63) is 48.0 Å². The monoisotopic (exact) mass is 369 g/mol. The molecule has 27 heavy (non-hydrogen) atoms. The van der Waals surface area contributed by atoms with Crippen molar-refractivity contribution in [2.75, 3.05) is 35.7 Å². The predicted molar refractivity (Wildman–Crippen MR) is 110 cm³/mol. The summed E-state index contributed by atoms with van der Waals surface area (Å²) in [5, 5.41) is 5.55. The van der Waals surface area contributed by atoms with E-state index in [9.17, 15) is 9.59 Å². The number of nitrogens with one attached hydrogen (secondary N) is 2. The molecule has 2 rings (SSSR count). The van der Waals surface area contributed by atoms with E-state index in [0.29, 0.717) is 22.7 Å². The quantitative estimate of drug-likeness (QED) is 0.734. The van der Waals surface area contributed by atoms with Gasteiger partial charge in [-0.05, 0) is 55.8 Å². The lowest BCUT2D eigenvalue weighted by atomic mass is 10.1. The van der Waals surface area contributed by atoms with Gasteiger partial charge in [-0.1, -0.05) is 6.92 Å². The summed E-state index contributed by atoms with van der Waals surface area (Å²) in [7, 11) is 1.53. The van der Waals surface area contributed by atoms with E-state index in [1.54, 1.807) is 18.2 Å². The van der Waals surface area contributed by atoms with Crippen LogP contribution < -0.4 is 20.3 Å². The molecule has 0 bridgehead atoms. The highest BCUT2D eigenvalue weighted by atomic mass is 16.5. The molecule has 0 saturated carbocycles. The molecule has 6 heteroatoms. The Morgan fingerprint density at radius 3 is 2.30 bits per heavy atom. The number of carbonyl (C=O) groups excluding carboxylic acids is 2. The first-order valence-electron chi connectivity index (χ1n) is 9.10. The van der Waals surface area contributed by atoms with Gasteiger partial charge in [-0.25, -0.2) is 0 Å². The van der Waals surface area contributed by atoms with E-state index in [0.717, 1.165) is 25.2 Å². The highest BCUT2D eigenvalue weighted by Crippen LogP contribution is 2.28. The van der Waals surface area contributed by atoms with Crippen molar-refractivity contribution in [2.24, 2.45) is 0 Å². The molecule has 0 atom stereocenters. The Labute approximate surface area is 160 Å². The first-order valence-corrected chi connectivity index (χ1v) is 9.10. The molecule has 0 unspecified atom stereocenters. The van der Waals surface area contributed by atoms with Crippen molar-refractivity contribution in [2.45, 2.75) is 27.2 Å². The van der Waals surface area contributed by atoms with Gasteiger partial charge in [-0.3, -0.25) is 9.59 Å². The van der Waals surface area contributed by atoms with Crippen LogP contribution in [0, 0.1) is 0 Å². The molecule has 2 aromatic rings. The van der Waals surface area contributed by atoms with Crippen molar-refractivity contribution in [1.82, 2.24) is 0 Å². The lowest BCUT2D eigenvalue weighted by Gasteiger charge is -2.22. The van der Waals surface area contributed by atoms with E-state index in [1.165, 1.54) is 14.0 Å². The number of benzene rings is 2. The van der Waals surface area contributed by atoms with Crippen LogP contribution in [0.15, 0.2) is 42.5 Å². The Hall–Kier alpha value is -3.02. The fourth-order valence-electron chi connectivity index (χ4n) is 2.84. The molecule has 0 heterocycles. The summed E-state index contributed by atoms with van der Waals surface area (Å²) in [6.45, 7) is 7.60. The van der Waals surface area contributed by atoms with Gasteiger partial charge in [0.1, 0.15) is 5.75 Å². The average Bonchev–Trinajstić information content (AvgIpc) is 2.66. The zero-order valence-electron chi connectivity index (χ0n) is 16.3. The van der Waals surface area contributed by atoms with Crippen LogP contribution in [0.4, 0.5) is 17.1 Å². The molecule has 2 amide bonds. The standard InChI is InChI=1S/C21H27N3O3/c1-5-13-24(6-2)18-10-7-16(8-11-18)21(26)23-19-14-17(22-15(3)25)9-12-20(19)27-4/h7-12,14H,5-6,13H2,1-4H3,(H,22,25)(H,23,26). The Morgan fingerprint density at radius 1 is 1.04 bits per heavy atom. The summed E-state index contributed by atoms with van der Waals surface area (Å²) in [6, 6.07) is 12.6. The van der Waals surface area contributed by atoms with E-state index in [-0.39, 0.29) is 11.8 Å². The van der Waals surface area contributed by atoms with Crippen LogP contribution in [0.2, 0.25) is 0 Å². The van der Waals surface area contributed by atoms with Gasteiger partial charge in [0.25, 0.3) is 5.91 Å². The second kappa shape index (κ2) is 9.62. The molecule has 0 aliphatic heterocycles. The second-order valence-corrected chi connectivity index (χ2v) is 6.18. The van der Waals surface area contributed by atoms with Crippen molar-refractivity contribution in [3.63, 3.8) is 0 Å². The average molecular weight is 369 g/mol. The van der Waals surface area contributed by atoms with Crippen LogP contribution in [0.1, 0.15) is 37.6 Å². The summed E-state index contributed by atoms with van der Waals surface area (Å²) in [4.78, 5) is 26.1. The van der Waals surface area contributed by atoms with Crippen molar-refractivity contribution >= 4 is 28.9 Å². The van der Waals surface area contributed by atoms with E-state index in [2.05, 4.69) is 29.4 Å². The molecule has 2 aromatic carbocycles. The summed E-state index contributed by atoms with van der Waals surface area (Å²) in [5.74, 6) is 0.105. The van der Waals surface area contributed by atoms with E-state index < -0.39 is 0 Å². The predicted octanol–water partition coefficient (Wildman–Crippen LogP) is 4.14. The van der Waals surface area contributed by atoms with Gasteiger partial charge in [0.05, 0.1) is 12.8 Å². The Balaban J connectivity index is 2.17. The SMILES string of the molecule is CCCN(CC)c1ccc(C(=O)Nc2cc(NC(C)=O)ccc2OC)cc1. The first kappa shape index (κ1) is 20.3. The lowest BCUT2D eigenvalue weighted by Crippen LogP contribution is -2.23. The van der Waals surface area contributed by atoms with Crippen LogP contribution >= 0.6 is 0 Å². The maximum absolute atomic E-state index is 12.6. The lowest BCUT2D eigenvalue weighted by molar-refractivity contribution is -0.114. The molecule has 2 N–H and O–H groups in total. The third-order valence-electron chi connectivity index (χ3n) is 4.14. The van der Waals surface area contributed by atoms with E-state index >= 15 is 0 Å². The van der Waals surface area contributed by atoms with E-state index in [1.807, 2.05) is 24.3 Å². The van der Waals surface area contributed by atoms with Crippen LogP contribution in [0.25, 0.3) is 0 Å². The molecular formula is C21H27N3O3. The number of amides is 2. The number of hydrogen-bond acceptors (Lipinski definition) is 4. The number of carbonyl (C=O) groups is 2. The minimum atomic E-state index is -0.238. The Kier molecular flexibility index (Phi) is 7.23. The molecule has 0 fully saturated rings. The van der Waals surface area contributed by atoms with Crippen LogP contribution in [0.5, 0.6) is 5.75 Å². The van der Waals surface area contributed by atoms with Gasteiger partial charge in [0.15, 0.2) is 0 Å². The fraction of sp³-hybridized carbons (Fsp3) is 0.333. The molecule has 0 saturated heterocycles. The van der Waals surface area contributed by atoms with Crippen LogP contribution in [-0.4, -0.2) is 32.0 Å². The highest BCUT2D eigenvalue weighted by molar-refractivity contribution is 6.05. The second-order valence-electron chi connectivity index (χ2n) is 6.18. The first-order chi connectivity index (χ1) is 13.0. The Morgan fingerprint density at radius 2 is 1.74 bits per heavy atom. The van der Waals surface area contributed by atoms with Gasteiger partial charge in [-0.15, -0.1) is 0 Å². The summed E-state index contributed by atoms with van der Waals surface area (Å²) < 4.78 is 5.30. The Bertz CT molecular complexity index is 788. The minimum absolute atomic E-state index is 0.180. The van der Waals surface area contributed by atoms with Gasteiger partial charge in [-0.2, -0.15) is 0 Å². The molecule has 0 radical (unpaired) electrons. The smallest absolute Gasteiger partial charge is 0.255 e. The molecule has 0 spiro atoms. The number of nitrogens with zero attached hydrogens (tertiary/aromatic N) is 1. The zero-order chi connectivity index (χ0) is 19.8. The third kappa shape index (κ3) is 5.48. The van der Waals surface area contributed by atoms with Crippen molar-refractivity contribution in [1.29, 1.82) is 0 Å². The number of ether oxygens (including phenoxy) is 1. The van der Waals surface area contributed by atoms with Crippen molar-refractivity contribution in [3.8, 4) is 5.75 Å². The third-order valence-corrected chi connectivity index (χ3v) is 4.14. The number of methoxy groups -OCH3 is 1. The number of hydrogen-bond donors (Lipinski definition) is 2. The van der Waals surface area contributed by atoms with Gasteiger partial charge >= 0.3 is 0 Å². The largest absolute Gasteiger partial charge is 0.495 e. The normalized spacial score (nSPS) is 10.2. The van der Waals surface area contributed by atoms with Gasteiger partial charge in [0.2, 0.25) is 5.91 Å². The molecule has 144 valence electrons. The highest BCUT2D eigenvalue weighted by Gasteiger charge is 2.12. The summed E-state index contributed by atoms with van der Waals surface area (Å²) >= 11 is 0.